The van der Waals surface area contributed by atoms with Crippen molar-refractivity contribution < 1.29 is 9.66 Å². The smallest absolute Gasteiger partial charge is 0.313 e. The van der Waals surface area contributed by atoms with Crippen molar-refractivity contribution >= 4 is 66.3 Å². The Balaban J connectivity index is 1.73. The van der Waals surface area contributed by atoms with Crippen LogP contribution in [0.3, 0.4) is 0 Å². The molecule has 11 heteroatoms. The monoisotopic (exact) mass is 646 g/mol. The number of fused-ring (bicyclic) bond motifs is 1. The third-order valence-corrected chi connectivity index (χ3v) is 7.05. The second-order valence-corrected chi connectivity index (χ2v) is 10.6. The lowest BCUT2D eigenvalue weighted by Gasteiger charge is -2.14. The highest BCUT2D eigenvalue weighted by Gasteiger charge is 2.21. The first-order chi connectivity index (χ1) is 17.7. The summed E-state index contributed by atoms with van der Waals surface area (Å²) in [4.78, 5) is 29.2. The maximum absolute atomic E-state index is 13.3. The molecule has 0 aliphatic carbocycles. The highest BCUT2D eigenvalue weighted by molar-refractivity contribution is 9.10. The van der Waals surface area contributed by atoms with E-state index >= 15 is 0 Å². The van der Waals surface area contributed by atoms with Gasteiger partial charge in [0.1, 0.15) is 12.4 Å². The molecule has 0 unspecified atom stereocenters. The highest BCUT2D eigenvalue weighted by atomic mass is 79.9. The van der Waals surface area contributed by atoms with Gasteiger partial charge >= 0.3 is 5.69 Å². The number of halogens is 3. The van der Waals surface area contributed by atoms with Gasteiger partial charge < -0.3 is 4.74 Å². The van der Waals surface area contributed by atoms with Crippen LogP contribution in [0.1, 0.15) is 43.1 Å². The number of benzene rings is 3. The lowest BCUT2D eigenvalue weighted by atomic mass is 10.1. The number of aromatic nitrogens is 2. The van der Waals surface area contributed by atoms with E-state index in [2.05, 4.69) is 41.9 Å². The molecule has 0 fully saturated rings. The second kappa shape index (κ2) is 11.5. The Kier molecular flexibility index (Phi) is 8.41. The minimum absolute atomic E-state index is 0.0404. The Morgan fingerprint density at radius 2 is 1.86 bits per heavy atom. The Bertz CT molecular complexity index is 1570. The maximum atomic E-state index is 13.3. The van der Waals surface area contributed by atoms with E-state index in [9.17, 15) is 14.9 Å². The molecule has 0 bridgehead atoms. The second-order valence-electron chi connectivity index (χ2n) is 8.33. The summed E-state index contributed by atoms with van der Waals surface area (Å²) in [6.45, 7) is 4.05. The predicted octanol–water partition coefficient (Wildman–Crippen LogP) is 7.46. The molecule has 0 radical (unpaired) electrons. The topological polar surface area (TPSA) is 99.6 Å². The first-order valence-electron chi connectivity index (χ1n) is 11.3. The van der Waals surface area contributed by atoms with Crippen molar-refractivity contribution in [2.24, 2.45) is 5.10 Å². The summed E-state index contributed by atoms with van der Waals surface area (Å²) in [6.07, 6.45) is 2.10. The average Bonchev–Trinajstić information content (AvgIpc) is 2.87. The van der Waals surface area contributed by atoms with E-state index in [4.69, 9.17) is 16.3 Å². The molecule has 0 N–H and O–H groups in total. The summed E-state index contributed by atoms with van der Waals surface area (Å²) in [6, 6.07) is 15.5. The van der Waals surface area contributed by atoms with Crippen LogP contribution in [0, 0.1) is 10.1 Å². The van der Waals surface area contributed by atoms with Gasteiger partial charge in [-0.2, -0.15) is 9.78 Å². The van der Waals surface area contributed by atoms with Gasteiger partial charge in [0, 0.05) is 26.5 Å². The van der Waals surface area contributed by atoms with Gasteiger partial charge in [-0.3, -0.25) is 14.9 Å². The molecular weight excluding hydrogens is 628 g/mol. The van der Waals surface area contributed by atoms with Crippen LogP contribution in [0.25, 0.3) is 10.9 Å². The third kappa shape index (κ3) is 6.08. The quantitative estimate of drug-likeness (QED) is 0.112. The van der Waals surface area contributed by atoms with Gasteiger partial charge in [0.25, 0.3) is 5.56 Å². The van der Waals surface area contributed by atoms with E-state index in [0.717, 1.165) is 20.9 Å². The van der Waals surface area contributed by atoms with Crippen LogP contribution in [-0.4, -0.2) is 20.8 Å². The summed E-state index contributed by atoms with van der Waals surface area (Å²) in [7, 11) is 0. The molecule has 0 spiro atoms. The molecule has 3 aromatic carbocycles. The van der Waals surface area contributed by atoms with Crippen LogP contribution in [0.5, 0.6) is 5.75 Å². The molecule has 0 saturated heterocycles. The van der Waals surface area contributed by atoms with E-state index in [-0.39, 0.29) is 34.5 Å². The van der Waals surface area contributed by atoms with Crippen LogP contribution in [-0.2, 0) is 6.61 Å². The molecule has 190 valence electrons. The highest BCUT2D eigenvalue weighted by Crippen LogP contribution is 2.36. The lowest BCUT2D eigenvalue weighted by Crippen LogP contribution is -2.23. The van der Waals surface area contributed by atoms with Crippen molar-refractivity contribution in [2.45, 2.75) is 32.8 Å². The summed E-state index contributed by atoms with van der Waals surface area (Å²) >= 11 is 13.2. The molecule has 4 aromatic rings. The molecule has 1 atom stereocenters. The number of nitro benzene ring substituents is 1. The lowest BCUT2D eigenvalue weighted by molar-refractivity contribution is -0.385. The Morgan fingerprint density at radius 3 is 2.54 bits per heavy atom. The molecule has 1 aromatic heterocycles. The van der Waals surface area contributed by atoms with Crippen molar-refractivity contribution in [1.29, 1.82) is 0 Å². The first-order valence-corrected chi connectivity index (χ1v) is 13.3. The Labute approximate surface area is 234 Å². The van der Waals surface area contributed by atoms with Gasteiger partial charge in [-0.25, -0.2) is 4.98 Å². The van der Waals surface area contributed by atoms with E-state index < -0.39 is 4.92 Å². The van der Waals surface area contributed by atoms with Gasteiger partial charge in [-0.1, -0.05) is 69.4 Å². The minimum Gasteiger partial charge on any atom is -0.481 e. The molecular formula is C26H21Br2ClN4O4. The van der Waals surface area contributed by atoms with Gasteiger partial charge in [0.2, 0.25) is 5.75 Å². The maximum Gasteiger partial charge on any atom is 0.313 e. The number of hydrogen-bond donors (Lipinski definition) is 0. The molecule has 4 rings (SSSR count). The molecule has 8 nitrogen and oxygen atoms in total. The predicted molar refractivity (Wildman–Crippen MR) is 152 cm³/mol. The number of rotatable bonds is 8. The zero-order valence-corrected chi connectivity index (χ0v) is 23.7. The van der Waals surface area contributed by atoms with Gasteiger partial charge in [0.15, 0.2) is 0 Å². The zero-order valence-electron chi connectivity index (χ0n) is 19.8. The zero-order chi connectivity index (χ0) is 26.7. The van der Waals surface area contributed by atoms with Crippen molar-refractivity contribution in [1.82, 2.24) is 9.66 Å². The molecule has 0 aliphatic rings. The van der Waals surface area contributed by atoms with E-state index in [0.29, 0.717) is 22.3 Å². The van der Waals surface area contributed by atoms with Crippen LogP contribution in [0.2, 0.25) is 5.02 Å². The molecule has 37 heavy (non-hydrogen) atoms. The van der Waals surface area contributed by atoms with Crippen molar-refractivity contribution in [3.05, 3.63) is 106 Å². The Morgan fingerprint density at radius 1 is 1.16 bits per heavy atom. The van der Waals surface area contributed by atoms with Gasteiger partial charge in [-0.15, -0.1) is 0 Å². The fourth-order valence-corrected chi connectivity index (χ4v) is 4.49. The van der Waals surface area contributed by atoms with Crippen molar-refractivity contribution in [2.75, 3.05) is 0 Å². The van der Waals surface area contributed by atoms with Gasteiger partial charge in [0.05, 0.1) is 27.1 Å². The van der Waals surface area contributed by atoms with E-state index in [1.807, 2.05) is 44.2 Å². The van der Waals surface area contributed by atoms with Crippen LogP contribution in [0.15, 0.2) is 73.4 Å². The summed E-state index contributed by atoms with van der Waals surface area (Å²) in [5.41, 5.74) is 1.09. The molecule has 1 heterocycles. The summed E-state index contributed by atoms with van der Waals surface area (Å²) in [5, 5.41) is 16.7. The van der Waals surface area contributed by atoms with Crippen LogP contribution < -0.4 is 10.3 Å². The van der Waals surface area contributed by atoms with Crippen LogP contribution >= 0.6 is 43.5 Å². The molecule has 0 saturated carbocycles. The SMILES string of the molecule is CC[C@H](C)c1nc2ccc(Br)cc2c(=O)n1N=Cc1cc(Cl)c(OCc2ccc(Br)cc2)c([N+](=O)[O-])c1. The van der Waals surface area contributed by atoms with Gasteiger partial charge in [-0.05, 0) is 48.4 Å². The fraction of sp³-hybridized carbons (Fsp3) is 0.192. The number of nitro groups is 1. The van der Waals surface area contributed by atoms with E-state index in [1.165, 1.54) is 23.0 Å². The van der Waals surface area contributed by atoms with Crippen LogP contribution in [0.4, 0.5) is 5.69 Å². The standard InChI is InChI=1S/C26H21Br2ClN4O4/c1-3-15(2)25-31-22-9-8-19(28)12-20(22)26(34)32(25)30-13-17-10-21(29)24(23(11-17)33(35)36)37-14-16-4-6-18(27)7-5-16/h4-13,15H,3,14H2,1-2H3/t15-/m0/s1. The normalized spacial score (nSPS) is 12.2. The number of nitrogens with zero attached hydrogens (tertiary/aromatic N) is 4. The number of ether oxygens (including phenoxy) is 1. The number of hydrogen-bond acceptors (Lipinski definition) is 6. The molecule has 0 aliphatic heterocycles. The minimum atomic E-state index is -0.563. The third-order valence-electron chi connectivity index (χ3n) is 5.75. The summed E-state index contributed by atoms with van der Waals surface area (Å²) < 4.78 is 8.60. The molecule has 0 amide bonds. The largest absolute Gasteiger partial charge is 0.481 e. The van der Waals surface area contributed by atoms with E-state index in [1.54, 1.807) is 12.1 Å². The average molecular weight is 649 g/mol. The van der Waals surface area contributed by atoms with Crippen molar-refractivity contribution in [3.8, 4) is 5.75 Å². The first kappa shape index (κ1) is 27.0. The Hall–Kier alpha value is -3.08. The fourth-order valence-electron chi connectivity index (χ4n) is 3.59. The van der Waals surface area contributed by atoms with Crippen molar-refractivity contribution in [3.63, 3.8) is 0 Å². The summed E-state index contributed by atoms with van der Waals surface area (Å²) in [5.74, 6) is 0.403.